The summed E-state index contributed by atoms with van der Waals surface area (Å²) in [5.74, 6) is 25.1. The summed E-state index contributed by atoms with van der Waals surface area (Å²) in [4.78, 5) is 10.8. The van der Waals surface area contributed by atoms with Crippen molar-refractivity contribution in [3.63, 3.8) is 0 Å². The van der Waals surface area contributed by atoms with Crippen LogP contribution >= 0.6 is 0 Å². The Morgan fingerprint density at radius 3 is 0.735 bits per heavy atom. The van der Waals surface area contributed by atoms with E-state index >= 15 is 0 Å². The highest BCUT2D eigenvalue weighted by atomic mass is 16.1. The van der Waals surface area contributed by atoms with Crippen LogP contribution in [0, 0.1) is 142 Å². The average Bonchev–Trinajstić information content (AvgIpc) is 1.61. The summed E-state index contributed by atoms with van der Waals surface area (Å²) in [6.45, 7) is 82.7. The maximum Gasteiger partial charge on any atom is 0.136 e. The monoisotopic (exact) mass is 1640 g/mol. The molecule has 1 nitrogen and oxygen atoms in total. The molecule has 0 N–H and O–H groups in total. The number of Topliss-reactive ketones (excluding diaryl/α,β-unsaturated/α-hetero) is 1. The van der Waals surface area contributed by atoms with Crippen LogP contribution in [0.15, 0.2) is 48.5 Å². The van der Waals surface area contributed by atoms with Gasteiger partial charge < -0.3 is 0 Å². The van der Waals surface area contributed by atoms with Gasteiger partial charge in [0.15, 0.2) is 0 Å². The predicted molar refractivity (Wildman–Crippen MR) is 544 cm³/mol. The molecule has 7 atom stereocenters. The molecule has 0 aromatic heterocycles. The number of carbonyl (C=O) groups excluding carboxylic acids is 1. The van der Waals surface area contributed by atoms with E-state index in [9.17, 15) is 4.79 Å². The Kier molecular flexibility index (Phi) is 84.5. The van der Waals surface area contributed by atoms with E-state index in [0.29, 0.717) is 23.5 Å². The molecular formula is C116H228O. The van der Waals surface area contributed by atoms with E-state index in [4.69, 9.17) is 0 Å². The van der Waals surface area contributed by atoms with E-state index in [1.54, 1.807) is 167 Å². The second kappa shape index (κ2) is 80.0. The fourth-order valence-corrected chi connectivity index (χ4v) is 21.1. The predicted octanol–water partition coefficient (Wildman–Crippen LogP) is 41.1. The molecule has 7 unspecified atom stereocenters. The van der Waals surface area contributed by atoms with Gasteiger partial charge in [0.2, 0.25) is 0 Å². The fourth-order valence-electron chi connectivity index (χ4n) is 21.1. The first kappa shape index (κ1) is 124. The summed E-state index contributed by atoms with van der Waals surface area (Å²) in [6.07, 6.45) is 59.0. The number of rotatable bonds is 3. The summed E-state index contributed by atoms with van der Waals surface area (Å²) in [7, 11) is 0. The molecular weight excluding hydrogens is 1410 g/mol. The van der Waals surface area contributed by atoms with Crippen molar-refractivity contribution < 1.29 is 4.79 Å². The highest BCUT2D eigenvalue weighted by Gasteiger charge is 2.42. The van der Waals surface area contributed by atoms with Crippen LogP contribution in [0.3, 0.4) is 0 Å². The minimum atomic E-state index is 0.500. The number of carbonyl (C=O) groups is 1. The molecule has 2 aromatic rings. The van der Waals surface area contributed by atoms with Crippen molar-refractivity contribution in [2.45, 2.75) is 526 Å². The van der Waals surface area contributed by atoms with Crippen molar-refractivity contribution in [3.05, 3.63) is 59.7 Å². The maximum absolute atomic E-state index is 10.8. The van der Waals surface area contributed by atoms with Crippen molar-refractivity contribution in [1.82, 2.24) is 0 Å². The van der Waals surface area contributed by atoms with Gasteiger partial charge >= 0.3 is 0 Å². The maximum atomic E-state index is 10.8. The fraction of sp³-hybridized carbons (Fsp3) is 0.888. The van der Waals surface area contributed by atoms with Crippen molar-refractivity contribution in [3.8, 4) is 11.1 Å². The molecule has 16 fully saturated rings. The number of fused-ring (bicyclic) bond motifs is 13. The molecule has 19 rings (SSSR count). The van der Waals surface area contributed by atoms with Crippen LogP contribution in [-0.4, -0.2) is 5.78 Å². The molecule has 16 saturated carbocycles. The quantitative estimate of drug-likeness (QED) is 0.299. The van der Waals surface area contributed by atoms with Crippen LogP contribution in [0.1, 0.15) is 537 Å². The van der Waals surface area contributed by atoms with E-state index in [1.165, 1.54) is 135 Å². The molecule has 117 heavy (non-hydrogen) atoms. The largest absolute Gasteiger partial charge is 0.299 e. The van der Waals surface area contributed by atoms with E-state index in [0.717, 1.165) is 101 Å². The van der Waals surface area contributed by atoms with Crippen molar-refractivity contribution in [2.24, 2.45) is 142 Å². The summed E-state index contributed by atoms with van der Waals surface area (Å²) in [5, 5.41) is 0. The molecule has 2 aromatic carbocycles. The third-order valence-electron chi connectivity index (χ3n) is 25.6. The standard InChI is InChI=1S/C16H16.C13H24.C10H16.C9H18.2C8H14.C7H10O.C7H12.5C4H10.9C2H6/c1-11(2)16-14-9-5-3-7-12(14)13-8-4-6-10-15(13)16;1-10(2)12-8-7-11-5-3-4-6-13(11)9-12;1-7-2-9-4-8(1)5-10(3-7)6-9;1-8(2)9-6-4-3-5-7-9;1-2-8-5-3-7(1)4-6-8;1-2-7-4-5-8(3-1)6-7;8-7-4-5-1-2-6(7)3-5;1-2-7-4-3-6(1)5-7;5*1-4(2)3;9*1-2/h3-11,16H,1-2H3;10-13H,3-9H2,1-2H3;7-10H,1-6H2;8-9H,3-7H2,1-2H3;2*7-8H,1-6H2;5-6H,1-4H2;6-7H,1-5H2;5*4H,1-3H3;9*1-2H3. The van der Waals surface area contributed by atoms with Crippen LogP contribution in [0.4, 0.5) is 0 Å². The summed E-state index contributed by atoms with van der Waals surface area (Å²) < 4.78 is 0. The SMILES string of the molecule is C1C2CC3CC1CC(C2)C3.C1CC2CCC(C1)C2.C1CC2CCC1C2.C1CC2CCC1CC2.CC.CC.CC.CC.CC.CC.CC.CC.CC.CC(C)C.CC(C)C.CC(C)C.CC(C)C.CC(C)C.CC(C)C1CCC2CCCCC2C1.CC(C)C1CCCCC1.CC(C)C1c2ccccc2-c2ccccc21.O=C1CC2CCC1C2. The zero-order valence-corrected chi connectivity index (χ0v) is 88.5. The van der Waals surface area contributed by atoms with Gasteiger partial charge in [-0.2, -0.15) is 0 Å². The third-order valence-corrected chi connectivity index (χ3v) is 25.6. The molecule has 17 aliphatic carbocycles. The van der Waals surface area contributed by atoms with Gasteiger partial charge in [0, 0.05) is 18.3 Å². The number of hydrogen-bond acceptors (Lipinski definition) is 1. The lowest BCUT2D eigenvalue weighted by molar-refractivity contribution is -0.121. The normalized spacial score (nSPS) is 27.1. The van der Waals surface area contributed by atoms with E-state index < -0.39 is 0 Å². The molecule has 0 heterocycles. The molecule has 0 amide bonds. The van der Waals surface area contributed by atoms with E-state index in [2.05, 4.69) is 194 Å². The first-order valence-electron chi connectivity index (χ1n) is 53.8. The third kappa shape index (κ3) is 58.1. The average molecular weight is 1640 g/mol. The van der Waals surface area contributed by atoms with Crippen molar-refractivity contribution >= 4 is 5.78 Å². The van der Waals surface area contributed by atoms with Gasteiger partial charge in [-0.15, -0.1) is 0 Å². The van der Waals surface area contributed by atoms with Gasteiger partial charge in [-0.05, 0) is 248 Å². The zero-order chi connectivity index (χ0) is 90.6. The Hall–Kier alpha value is -1.89. The number of benzene rings is 2. The van der Waals surface area contributed by atoms with E-state index in [-0.39, 0.29) is 0 Å². The Morgan fingerprint density at radius 1 is 0.222 bits per heavy atom. The summed E-state index contributed by atoms with van der Waals surface area (Å²) in [5.41, 5.74) is 5.85. The lowest BCUT2D eigenvalue weighted by Gasteiger charge is -2.49. The van der Waals surface area contributed by atoms with Gasteiger partial charge in [-0.3, -0.25) is 4.79 Å². The lowest BCUT2D eigenvalue weighted by atomic mass is 9.56. The summed E-state index contributed by atoms with van der Waals surface area (Å²) in [6, 6.07) is 17.6. The van der Waals surface area contributed by atoms with Crippen LogP contribution in [0.5, 0.6) is 0 Å². The topological polar surface area (TPSA) is 17.1 Å². The van der Waals surface area contributed by atoms with Crippen molar-refractivity contribution in [2.75, 3.05) is 0 Å². The van der Waals surface area contributed by atoms with E-state index in [1.807, 2.05) is 125 Å². The molecule has 0 radical (unpaired) electrons. The molecule has 698 valence electrons. The van der Waals surface area contributed by atoms with Gasteiger partial charge in [0.25, 0.3) is 0 Å². The Labute approximate surface area is 745 Å². The van der Waals surface area contributed by atoms with Crippen LogP contribution in [-0.2, 0) is 4.79 Å². The summed E-state index contributed by atoms with van der Waals surface area (Å²) >= 11 is 0. The van der Waals surface area contributed by atoms with Crippen LogP contribution < -0.4 is 0 Å². The minimum absolute atomic E-state index is 0.500. The number of ketones is 1. The van der Waals surface area contributed by atoms with Gasteiger partial charge in [-0.1, -0.05) is 473 Å². The molecule has 17 aliphatic rings. The molecule has 12 bridgehead atoms. The number of hydrogen-bond donors (Lipinski definition) is 0. The molecule has 1 heteroatoms. The Balaban J connectivity index is -0.000000388. The van der Waals surface area contributed by atoms with Gasteiger partial charge in [0.05, 0.1) is 0 Å². The second-order valence-electron chi connectivity index (χ2n) is 40.8. The first-order valence-corrected chi connectivity index (χ1v) is 53.8. The Bertz CT molecular complexity index is 2130. The second-order valence-corrected chi connectivity index (χ2v) is 40.8. The molecule has 0 saturated heterocycles. The van der Waals surface area contributed by atoms with Crippen molar-refractivity contribution in [1.29, 1.82) is 0 Å². The minimum Gasteiger partial charge on any atom is -0.299 e. The van der Waals surface area contributed by atoms with Crippen LogP contribution in [0.25, 0.3) is 11.1 Å². The molecule has 0 spiro atoms. The zero-order valence-electron chi connectivity index (χ0n) is 88.5. The van der Waals surface area contributed by atoms with Gasteiger partial charge in [0.1, 0.15) is 5.78 Å². The molecule has 0 aliphatic heterocycles. The Morgan fingerprint density at radius 2 is 0.496 bits per heavy atom. The first-order chi connectivity index (χ1) is 56.1. The highest BCUT2D eigenvalue weighted by Crippen LogP contribution is 2.54. The smallest absolute Gasteiger partial charge is 0.136 e. The highest BCUT2D eigenvalue weighted by molar-refractivity contribution is 5.84. The van der Waals surface area contributed by atoms with Crippen LogP contribution in [0.2, 0.25) is 0 Å². The lowest BCUT2D eigenvalue weighted by Crippen LogP contribution is -2.38. The van der Waals surface area contributed by atoms with Gasteiger partial charge in [-0.25, -0.2) is 0 Å².